The molecule has 0 aromatic rings. The van der Waals surface area contributed by atoms with Crippen molar-refractivity contribution in [3.8, 4) is 0 Å². The SMILES string of the molecule is CC(=O)C1CCC2C3C[C@H]4C5=CC(=O)CC[C@]5(CS4(=O)=O)C3CC[C@]12C. The summed E-state index contributed by atoms with van der Waals surface area (Å²) in [6.07, 6.45) is 7.65. The lowest BCUT2D eigenvalue weighted by atomic mass is 9.46. The first-order valence-corrected chi connectivity index (χ1v) is 11.9. The fourth-order valence-electron chi connectivity index (χ4n) is 8.10. The molecule has 1 saturated heterocycles. The normalized spacial score (nSPS) is 51.2. The van der Waals surface area contributed by atoms with E-state index >= 15 is 0 Å². The van der Waals surface area contributed by atoms with E-state index in [-0.39, 0.29) is 28.3 Å². The summed E-state index contributed by atoms with van der Waals surface area (Å²) in [7, 11) is -3.16. The molecule has 2 bridgehead atoms. The average molecular weight is 377 g/mol. The van der Waals surface area contributed by atoms with E-state index in [1.165, 1.54) is 0 Å². The molecule has 4 fully saturated rings. The minimum atomic E-state index is -3.16. The predicted octanol–water partition coefficient (Wildman–Crippen LogP) is 3.11. The van der Waals surface area contributed by atoms with E-state index < -0.39 is 15.1 Å². The quantitative estimate of drug-likeness (QED) is 0.705. The van der Waals surface area contributed by atoms with Crippen molar-refractivity contribution in [3.05, 3.63) is 11.6 Å². The van der Waals surface area contributed by atoms with Gasteiger partial charge in [-0.25, -0.2) is 8.42 Å². The van der Waals surface area contributed by atoms with Crippen molar-refractivity contribution in [2.75, 3.05) is 5.75 Å². The van der Waals surface area contributed by atoms with Crippen LogP contribution in [-0.2, 0) is 19.4 Å². The Kier molecular flexibility index (Phi) is 3.36. The van der Waals surface area contributed by atoms with Gasteiger partial charge in [-0.1, -0.05) is 6.92 Å². The minimum absolute atomic E-state index is 0.0402. The molecule has 142 valence electrons. The van der Waals surface area contributed by atoms with Gasteiger partial charge < -0.3 is 0 Å². The van der Waals surface area contributed by atoms with Gasteiger partial charge in [0.05, 0.1) is 11.0 Å². The van der Waals surface area contributed by atoms with Gasteiger partial charge in [0.2, 0.25) is 0 Å². The lowest BCUT2D eigenvalue weighted by molar-refractivity contribution is -0.128. The van der Waals surface area contributed by atoms with Crippen LogP contribution in [-0.4, -0.2) is 31.0 Å². The molecule has 5 heteroatoms. The maximum atomic E-state index is 13.0. The third kappa shape index (κ3) is 1.93. The standard InChI is InChI=1S/C21H28O4S/c1-12(22)15-3-4-16-14-10-19-18-9-13(23)5-8-21(18,11-26(19,24)25)17(14)6-7-20(15,16)2/h9,14-17,19H,3-8,10-11H2,1-2H3/t14?,15?,16?,17?,19-,20+,21-/m0/s1. The van der Waals surface area contributed by atoms with Crippen molar-refractivity contribution in [1.29, 1.82) is 0 Å². The Labute approximate surface area is 155 Å². The van der Waals surface area contributed by atoms with E-state index in [1.54, 1.807) is 13.0 Å². The third-order valence-electron chi connectivity index (χ3n) is 9.07. The van der Waals surface area contributed by atoms with E-state index in [2.05, 4.69) is 6.92 Å². The number of sulfone groups is 1. The molecule has 5 rings (SSSR count). The van der Waals surface area contributed by atoms with E-state index in [0.29, 0.717) is 42.8 Å². The molecule has 0 aromatic carbocycles. The van der Waals surface area contributed by atoms with E-state index in [4.69, 9.17) is 0 Å². The number of hydrogen-bond donors (Lipinski definition) is 0. The molecule has 0 amide bonds. The molecule has 26 heavy (non-hydrogen) atoms. The van der Waals surface area contributed by atoms with Crippen molar-refractivity contribution >= 4 is 21.4 Å². The first kappa shape index (κ1) is 17.2. The van der Waals surface area contributed by atoms with Crippen LogP contribution in [0.2, 0.25) is 0 Å². The second-order valence-electron chi connectivity index (χ2n) is 9.92. The summed E-state index contributed by atoms with van der Waals surface area (Å²) in [5.74, 6) is 2.04. The van der Waals surface area contributed by atoms with Crippen LogP contribution in [0.15, 0.2) is 11.6 Å². The van der Waals surface area contributed by atoms with Crippen molar-refractivity contribution in [2.24, 2.45) is 34.5 Å². The van der Waals surface area contributed by atoms with E-state index in [0.717, 1.165) is 31.3 Å². The Morgan fingerprint density at radius 2 is 1.92 bits per heavy atom. The minimum Gasteiger partial charge on any atom is -0.300 e. The Balaban J connectivity index is 1.60. The molecular weight excluding hydrogens is 348 g/mol. The van der Waals surface area contributed by atoms with Crippen LogP contribution in [0.1, 0.15) is 58.8 Å². The molecule has 0 aromatic heterocycles. The molecule has 1 heterocycles. The lowest BCUT2D eigenvalue weighted by Crippen LogP contribution is -2.52. The number of carbonyl (C=O) groups excluding carboxylic acids is 2. The molecule has 4 nitrogen and oxygen atoms in total. The Morgan fingerprint density at radius 3 is 2.65 bits per heavy atom. The van der Waals surface area contributed by atoms with Gasteiger partial charge in [-0.05, 0) is 80.3 Å². The number of rotatable bonds is 1. The van der Waals surface area contributed by atoms with Gasteiger partial charge in [-0.3, -0.25) is 9.59 Å². The van der Waals surface area contributed by atoms with E-state index in [9.17, 15) is 18.0 Å². The van der Waals surface area contributed by atoms with Crippen molar-refractivity contribution < 1.29 is 18.0 Å². The topological polar surface area (TPSA) is 68.3 Å². The number of Topliss-reactive ketones (excluding diaryl/α,β-unsaturated/α-hetero) is 1. The Hall–Kier alpha value is -0.970. The molecule has 4 unspecified atom stereocenters. The highest BCUT2D eigenvalue weighted by molar-refractivity contribution is 7.92. The van der Waals surface area contributed by atoms with Crippen LogP contribution in [0.3, 0.4) is 0 Å². The van der Waals surface area contributed by atoms with Crippen molar-refractivity contribution in [2.45, 2.75) is 64.0 Å². The number of hydrogen-bond acceptors (Lipinski definition) is 4. The highest BCUT2D eigenvalue weighted by Gasteiger charge is 2.67. The molecule has 4 aliphatic carbocycles. The maximum absolute atomic E-state index is 13.0. The summed E-state index contributed by atoms with van der Waals surface area (Å²) >= 11 is 0. The fraction of sp³-hybridized carbons (Fsp3) is 0.810. The Morgan fingerprint density at radius 1 is 1.15 bits per heavy atom. The molecule has 7 atom stereocenters. The largest absolute Gasteiger partial charge is 0.300 e. The highest BCUT2D eigenvalue weighted by atomic mass is 32.2. The van der Waals surface area contributed by atoms with Gasteiger partial charge >= 0.3 is 0 Å². The average Bonchev–Trinajstić information content (AvgIpc) is 2.98. The summed E-state index contributed by atoms with van der Waals surface area (Å²) in [6, 6.07) is 0. The summed E-state index contributed by atoms with van der Waals surface area (Å²) in [5, 5.41) is -0.438. The maximum Gasteiger partial charge on any atom is 0.157 e. The summed E-state index contributed by atoms with van der Waals surface area (Å²) in [4.78, 5) is 24.3. The van der Waals surface area contributed by atoms with Crippen LogP contribution < -0.4 is 0 Å². The predicted molar refractivity (Wildman–Crippen MR) is 98.2 cm³/mol. The van der Waals surface area contributed by atoms with Gasteiger partial charge in [0.15, 0.2) is 15.6 Å². The monoisotopic (exact) mass is 376 g/mol. The molecule has 3 saturated carbocycles. The molecule has 0 radical (unpaired) electrons. The van der Waals surface area contributed by atoms with Crippen LogP contribution in [0.4, 0.5) is 0 Å². The zero-order chi connectivity index (χ0) is 18.5. The Bertz CT molecular complexity index is 840. The molecule has 5 aliphatic rings. The zero-order valence-corrected chi connectivity index (χ0v) is 16.5. The number of ketones is 2. The zero-order valence-electron chi connectivity index (χ0n) is 15.7. The van der Waals surface area contributed by atoms with Gasteiger partial charge in [-0.15, -0.1) is 0 Å². The first-order chi connectivity index (χ1) is 12.2. The third-order valence-corrected chi connectivity index (χ3v) is 11.3. The summed E-state index contributed by atoms with van der Waals surface area (Å²) in [5.41, 5.74) is 0.717. The second-order valence-corrected chi connectivity index (χ2v) is 12.1. The van der Waals surface area contributed by atoms with Crippen LogP contribution in [0.25, 0.3) is 0 Å². The van der Waals surface area contributed by atoms with E-state index in [1.807, 2.05) is 0 Å². The molecular formula is C21H28O4S. The summed E-state index contributed by atoms with van der Waals surface area (Å²) in [6.45, 7) is 4.02. The molecule has 0 N–H and O–H groups in total. The highest BCUT2D eigenvalue weighted by Crippen LogP contribution is 2.69. The smallest absolute Gasteiger partial charge is 0.157 e. The molecule has 0 spiro atoms. The number of carbonyl (C=O) groups is 2. The lowest BCUT2D eigenvalue weighted by Gasteiger charge is -2.57. The summed E-state index contributed by atoms with van der Waals surface area (Å²) < 4.78 is 26.0. The molecule has 1 aliphatic heterocycles. The fourth-order valence-corrected chi connectivity index (χ4v) is 10.7. The van der Waals surface area contributed by atoms with Gasteiger partial charge in [0, 0.05) is 17.8 Å². The van der Waals surface area contributed by atoms with Crippen LogP contribution >= 0.6 is 0 Å². The number of fused-ring (bicyclic) bond motifs is 3. The van der Waals surface area contributed by atoms with Gasteiger partial charge in [-0.2, -0.15) is 0 Å². The van der Waals surface area contributed by atoms with Crippen molar-refractivity contribution in [1.82, 2.24) is 0 Å². The van der Waals surface area contributed by atoms with Crippen molar-refractivity contribution in [3.63, 3.8) is 0 Å². The second kappa shape index (κ2) is 5.09. The van der Waals surface area contributed by atoms with Crippen LogP contribution in [0.5, 0.6) is 0 Å². The van der Waals surface area contributed by atoms with Gasteiger partial charge in [0.25, 0.3) is 0 Å². The first-order valence-electron chi connectivity index (χ1n) is 10.2. The van der Waals surface area contributed by atoms with Gasteiger partial charge in [0.1, 0.15) is 5.78 Å². The van der Waals surface area contributed by atoms with Crippen LogP contribution in [0, 0.1) is 34.5 Å².